The van der Waals surface area contributed by atoms with Gasteiger partial charge in [-0.25, -0.2) is 4.98 Å². The van der Waals surface area contributed by atoms with E-state index in [2.05, 4.69) is 15.0 Å². The molecule has 2 aliphatic rings. The number of pyridine rings is 1. The highest BCUT2D eigenvalue weighted by molar-refractivity contribution is 6.33. The Labute approximate surface area is 207 Å². The summed E-state index contributed by atoms with van der Waals surface area (Å²) in [5.74, 6) is 0. The van der Waals surface area contributed by atoms with Gasteiger partial charge in [0.25, 0.3) is 6.01 Å². The van der Waals surface area contributed by atoms with Crippen LogP contribution in [0.15, 0.2) is 54.6 Å². The molecule has 11 heteroatoms. The first-order chi connectivity index (χ1) is 17.3. The number of halogens is 4. The molecule has 0 amide bonds. The Hall–Kier alpha value is -3.18. The van der Waals surface area contributed by atoms with Gasteiger partial charge in [0, 0.05) is 5.56 Å². The summed E-state index contributed by atoms with van der Waals surface area (Å²) in [6, 6.07) is 13.9. The van der Waals surface area contributed by atoms with Crippen molar-refractivity contribution in [1.29, 1.82) is 0 Å². The van der Waals surface area contributed by atoms with E-state index in [1.165, 1.54) is 12.1 Å². The number of rotatable bonds is 4. The van der Waals surface area contributed by atoms with Crippen LogP contribution in [0, 0.1) is 0 Å². The number of imidazole rings is 1. The summed E-state index contributed by atoms with van der Waals surface area (Å²) in [7, 11) is 0. The Balaban J connectivity index is 1.27. The predicted molar refractivity (Wildman–Crippen MR) is 125 cm³/mol. The second kappa shape index (κ2) is 8.74. The number of nitrogens with zero attached hydrogens (tertiary/aromatic N) is 2. The van der Waals surface area contributed by atoms with Gasteiger partial charge in [-0.1, -0.05) is 54.1 Å². The number of ether oxygens (including phenoxy) is 3. The molecule has 4 atom stereocenters. The minimum absolute atomic E-state index is 0.0945. The molecule has 4 aromatic rings. The predicted octanol–water partition coefficient (Wildman–Crippen LogP) is 4.87. The topological polar surface area (TPSA) is 89.5 Å². The molecule has 0 bridgehead atoms. The van der Waals surface area contributed by atoms with Crippen molar-refractivity contribution in [2.75, 3.05) is 13.2 Å². The number of benzene rings is 2. The van der Waals surface area contributed by atoms with Crippen molar-refractivity contribution in [1.82, 2.24) is 15.0 Å². The van der Waals surface area contributed by atoms with Gasteiger partial charge in [0.15, 0.2) is 11.8 Å². The highest BCUT2D eigenvalue weighted by atomic mass is 35.5. The molecule has 6 rings (SSSR count). The highest BCUT2D eigenvalue weighted by Crippen LogP contribution is 2.38. The van der Waals surface area contributed by atoms with E-state index in [1.807, 2.05) is 0 Å². The number of hydrogen-bond donors (Lipinski definition) is 2. The zero-order valence-electron chi connectivity index (χ0n) is 18.5. The number of aromatic amines is 1. The van der Waals surface area contributed by atoms with Gasteiger partial charge in [0.05, 0.1) is 35.0 Å². The molecule has 0 radical (unpaired) electrons. The van der Waals surface area contributed by atoms with Crippen molar-refractivity contribution in [3.63, 3.8) is 0 Å². The molecule has 2 aromatic carbocycles. The van der Waals surface area contributed by atoms with Crippen molar-refractivity contribution in [3.8, 4) is 28.4 Å². The van der Waals surface area contributed by atoms with Crippen LogP contribution in [0.4, 0.5) is 13.2 Å². The molecule has 4 heterocycles. The summed E-state index contributed by atoms with van der Waals surface area (Å²) in [6.07, 6.45) is -6.39. The van der Waals surface area contributed by atoms with Gasteiger partial charge in [-0.3, -0.25) is 0 Å². The van der Waals surface area contributed by atoms with Crippen LogP contribution in [0.2, 0.25) is 5.02 Å². The average molecular weight is 518 g/mol. The largest absolute Gasteiger partial charge is 0.456 e. The molecule has 0 saturated carbocycles. The van der Waals surface area contributed by atoms with Gasteiger partial charge >= 0.3 is 6.18 Å². The molecule has 0 spiro atoms. The van der Waals surface area contributed by atoms with E-state index < -0.39 is 30.1 Å². The number of aliphatic hydroxyl groups is 1. The second-order valence-electron chi connectivity index (χ2n) is 8.67. The molecular weight excluding hydrogens is 499 g/mol. The third kappa shape index (κ3) is 4.09. The zero-order valence-corrected chi connectivity index (χ0v) is 19.3. The van der Waals surface area contributed by atoms with Crippen LogP contribution in [0.25, 0.3) is 33.5 Å². The van der Waals surface area contributed by atoms with Crippen LogP contribution in [0.3, 0.4) is 0 Å². The summed E-state index contributed by atoms with van der Waals surface area (Å²) in [5.41, 5.74) is 1.80. The van der Waals surface area contributed by atoms with Gasteiger partial charge in [-0.05, 0) is 23.3 Å². The minimum Gasteiger partial charge on any atom is -0.456 e. The van der Waals surface area contributed by atoms with Gasteiger partial charge < -0.3 is 24.3 Å². The Morgan fingerprint density at radius 3 is 2.47 bits per heavy atom. The maximum atomic E-state index is 13.4. The third-order valence-electron chi connectivity index (χ3n) is 6.35. The maximum absolute atomic E-state index is 13.4. The Kier molecular flexibility index (Phi) is 5.64. The number of H-pyrrole nitrogens is 1. The number of nitrogens with one attached hydrogen (secondary N) is 1. The second-order valence-corrected chi connectivity index (χ2v) is 9.08. The van der Waals surface area contributed by atoms with Crippen molar-refractivity contribution < 1.29 is 32.5 Å². The fraction of sp³-hybridized carbons (Fsp3) is 0.280. The fourth-order valence-corrected chi connectivity index (χ4v) is 4.89. The molecule has 2 aliphatic heterocycles. The minimum atomic E-state index is -4.46. The van der Waals surface area contributed by atoms with Crippen molar-refractivity contribution in [3.05, 3.63) is 65.2 Å². The fourth-order valence-electron chi connectivity index (χ4n) is 4.63. The summed E-state index contributed by atoms with van der Waals surface area (Å²) < 4.78 is 57.3. The van der Waals surface area contributed by atoms with E-state index in [-0.39, 0.29) is 30.9 Å². The maximum Gasteiger partial charge on any atom is 0.417 e. The number of aromatic nitrogens is 3. The van der Waals surface area contributed by atoms with E-state index in [0.717, 1.165) is 6.07 Å². The lowest BCUT2D eigenvalue weighted by molar-refractivity contribution is -0.137. The lowest BCUT2D eigenvalue weighted by atomic mass is 9.98. The molecule has 0 aliphatic carbocycles. The monoisotopic (exact) mass is 517 g/mol. The number of aliphatic hydroxyl groups excluding tert-OH is 1. The first kappa shape index (κ1) is 23.2. The lowest BCUT2D eigenvalue weighted by Gasteiger charge is -2.15. The highest BCUT2D eigenvalue weighted by Gasteiger charge is 2.48. The first-order valence-corrected chi connectivity index (χ1v) is 11.6. The molecule has 1 unspecified atom stereocenters. The van der Waals surface area contributed by atoms with Crippen LogP contribution in [-0.4, -0.2) is 57.7 Å². The Bertz CT molecular complexity index is 1430. The number of hydrogen-bond acceptors (Lipinski definition) is 6. The van der Waals surface area contributed by atoms with Crippen LogP contribution < -0.4 is 4.74 Å². The molecule has 2 saturated heterocycles. The summed E-state index contributed by atoms with van der Waals surface area (Å²) in [4.78, 5) is 12.0. The van der Waals surface area contributed by atoms with Gasteiger partial charge in [0.2, 0.25) is 0 Å². The van der Waals surface area contributed by atoms with Crippen LogP contribution >= 0.6 is 11.6 Å². The number of alkyl halides is 3. The van der Waals surface area contributed by atoms with Gasteiger partial charge in [-0.15, -0.1) is 0 Å². The number of fused-ring (bicyclic) bond motifs is 2. The van der Waals surface area contributed by atoms with Crippen molar-refractivity contribution in [2.24, 2.45) is 0 Å². The first-order valence-electron chi connectivity index (χ1n) is 11.2. The quantitative estimate of drug-likeness (QED) is 0.401. The van der Waals surface area contributed by atoms with Crippen molar-refractivity contribution in [2.45, 2.75) is 30.6 Å². The Morgan fingerprint density at radius 1 is 0.972 bits per heavy atom. The molecule has 2 N–H and O–H groups in total. The summed E-state index contributed by atoms with van der Waals surface area (Å²) in [5, 5.41) is 10.2. The lowest BCUT2D eigenvalue weighted by Crippen LogP contribution is -2.34. The molecular formula is C25H19ClF3N3O4. The van der Waals surface area contributed by atoms with Crippen LogP contribution in [0.5, 0.6) is 6.01 Å². The summed E-state index contributed by atoms with van der Waals surface area (Å²) in [6.45, 7) is 0.448. The normalized spacial score (nSPS) is 23.8. The molecule has 7 nitrogen and oxygen atoms in total. The van der Waals surface area contributed by atoms with Gasteiger partial charge in [0.1, 0.15) is 18.3 Å². The zero-order chi connectivity index (χ0) is 25.0. The van der Waals surface area contributed by atoms with Crippen LogP contribution in [-0.2, 0) is 15.7 Å². The van der Waals surface area contributed by atoms with E-state index in [1.54, 1.807) is 36.4 Å². The van der Waals surface area contributed by atoms with Crippen LogP contribution in [0.1, 0.15) is 5.56 Å². The summed E-state index contributed by atoms with van der Waals surface area (Å²) >= 11 is 6.48. The third-order valence-corrected chi connectivity index (χ3v) is 6.64. The Morgan fingerprint density at radius 2 is 1.69 bits per heavy atom. The van der Waals surface area contributed by atoms with E-state index in [4.69, 9.17) is 25.8 Å². The van der Waals surface area contributed by atoms with E-state index in [9.17, 15) is 18.3 Å². The van der Waals surface area contributed by atoms with E-state index >= 15 is 0 Å². The van der Waals surface area contributed by atoms with Gasteiger partial charge in [-0.2, -0.15) is 18.2 Å². The smallest absolute Gasteiger partial charge is 0.417 e. The van der Waals surface area contributed by atoms with E-state index in [0.29, 0.717) is 33.0 Å². The standard InChI is InChI=1S/C25H19ClF3N3O4/c26-16-9-17-23(32-24(30-17)36-19-11-35-21-18(33)10-34-22(19)21)31-20(16)13-7-5-12(6-8-13)14-3-1-2-4-15(14)25(27,28)29/h1-9,18-19,21-22,33H,10-11H2,(H,30,31,32)/t18?,19-,21-,22-/m1/s1. The molecule has 186 valence electrons. The van der Waals surface area contributed by atoms with Crippen molar-refractivity contribution >= 4 is 22.8 Å². The average Bonchev–Trinajstić information content (AvgIpc) is 3.55. The SMILES string of the molecule is OC1CO[C@H]2[C@@H]1OC[C@H]2Oc1nc2nc(-c3ccc(-c4ccccc4C(F)(F)F)cc3)c(Cl)cc2[nH]1. The molecule has 2 fully saturated rings. The molecule has 36 heavy (non-hydrogen) atoms. The molecule has 2 aromatic heterocycles.